The third kappa shape index (κ3) is 4.81. The minimum absolute atomic E-state index is 0.296. The van der Waals surface area contributed by atoms with Gasteiger partial charge >= 0.3 is 0 Å². The van der Waals surface area contributed by atoms with Crippen molar-refractivity contribution in [1.29, 1.82) is 0 Å². The van der Waals surface area contributed by atoms with E-state index in [0.29, 0.717) is 51.2 Å². The molecule has 5 aromatic rings. The molecule has 2 aromatic heterocycles. The standard InChI is InChI=1S/C29H24FN5O2/c1-17-27(18(2)35(34-17)16-19-10-12-22(30)13-11-19)33-29(37)24-15-26(32-25-9-4-3-8-23(24)25)20-6-5-7-21(14-20)28(31)36/h3-15H,16H2,1-2H3,(H2,31,36)(H,33,37). The zero-order valence-electron chi connectivity index (χ0n) is 20.3. The summed E-state index contributed by atoms with van der Waals surface area (Å²) in [6.45, 7) is 4.15. The highest BCUT2D eigenvalue weighted by atomic mass is 19.1. The lowest BCUT2D eigenvalue weighted by Crippen LogP contribution is -2.14. The number of nitrogens with two attached hydrogens (primary N) is 1. The summed E-state index contributed by atoms with van der Waals surface area (Å²) in [5.41, 5.74) is 11.1. The third-order valence-corrected chi connectivity index (χ3v) is 6.27. The molecular formula is C29H24FN5O2. The van der Waals surface area contributed by atoms with E-state index >= 15 is 0 Å². The number of aromatic nitrogens is 3. The van der Waals surface area contributed by atoms with Gasteiger partial charge in [0.15, 0.2) is 0 Å². The molecule has 0 saturated carbocycles. The molecule has 0 radical (unpaired) electrons. The molecule has 8 heteroatoms. The maximum Gasteiger partial charge on any atom is 0.256 e. The smallest absolute Gasteiger partial charge is 0.256 e. The molecule has 0 fully saturated rings. The minimum Gasteiger partial charge on any atom is -0.366 e. The van der Waals surface area contributed by atoms with Crippen molar-refractivity contribution in [2.24, 2.45) is 5.73 Å². The van der Waals surface area contributed by atoms with Gasteiger partial charge in [0, 0.05) is 16.5 Å². The number of amides is 2. The summed E-state index contributed by atoms with van der Waals surface area (Å²) >= 11 is 0. The fourth-order valence-corrected chi connectivity index (χ4v) is 4.32. The van der Waals surface area contributed by atoms with Crippen LogP contribution in [0.4, 0.5) is 10.1 Å². The van der Waals surface area contributed by atoms with Crippen LogP contribution in [0.2, 0.25) is 0 Å². The molecule has 7 nitrogen and oxygen atoms in total. The topological polar surface area (TPSA) is 103 Å². The molecule has 0 aliphatic rings. The van der Waals surface area contributed by atoms with Crippen molar-refractivity contribution in [2.45, 2.75) is 20.4 Å². The molecular weight excluding hydrogens is 469 g/mol. The van der Waals surface area contributed by atoms with Gasteiger partial charge in [-0.25, -0.2) is 9.37 Å². The highest BCUT2D eigenvalue weighted by Gasteiger charge is 2.19. The van der Waals surface area contributed by atoms with Crippen LogP contribution in [0, 0.1) is 19.7 Å². The number of rotatable bonds is 6. The van der Waals surface area contributed by atoms with Crippen molar-refractivity contribution in [1.82, 2.24) is 14.8 Å². The summed E-state index contributed by atoms with van der Waals surface area (Å²) in [6, 6.07) is 22.2. The monoisotopic (exact) mass is 493 g/mol. The van der Waals surface area contributed by atoms with E-state index in [1.807, 2.05) is 44.2 Å². The van der Waals surface area contributed by atoms with Gasteiger partial charge in [-0.1, -0.05) is 42.5 Å². The number of benzene rings is 3. The summed E-state index contributed by atoms with van der Waals surface area (Å²) in [4.78, 5) is 30.0. The number of hydrogen-bond donors (Lipinski definition) is 2. The number of nitrogens with zero attached hydrogens (tertiary/aromatic N) is 3. The number of hydrogen-bond acceptors (Lipinski definition) is 4. The second-order valence-electron chi connectivity index (χ2n) is 8.80. The zero-order valence-corrected chi connectivity index (χ0v) is 20.3. The maximum absolute atomic E-state index is 13.6. The van der Waals surface area contributed by atoms with Gasteiger partial charge in [0.25, 0.3) is 5.91 Å². The second-order valence-corrected chi connectivity index (χ2v) is 8.80. The molecule has 0 saturated heterocycles. The molecule has 2 amide bonds. The molecule has 37 heavy (non-hydrogen) atoms. The molecule has 0 spiro atoms. The summed E-state index contributed by atoms with van der Waals surface area (Å²) in [5, 5.41) is 8.30. The van der Waals surface area contributed by atoms with Crippen molar-refractivity contribution in [3.63, 3.8) is 0 Å². The number of para-hydroxylation sites is 1. The van der Waals surface area contributed by atoms with Crippen LogP contribution in [0.15, 0.2) is 78.9 Å². The van der Waals surface area contributed by atoms with Crippen LogP contribution >= 0.6 is 0 Å². The molecule has 0 bridgehead atoms. The van der Waals surface area contributed by atoms with Crippen LogP contribution < -0.4 is 11.1 Å². The van der Waals surface area contributed by atoms with Gasteiger partial charge in [-0.2, -0.15) is 5.10 Å². The predicted molar refractivity (Wildman–Crippen MR) is 141 cm³/mol. The Hall–Kier alpha value is -4.85. The number of halogens is 1. The van der Waals surface area contributed by atoms with Gasteiger partial charge in [-0.15, -0.1) is 0 Å². The van der Waals surface area contributed by atoms with Crippen LogP contribution in [0.3, 0.4) is 0 Å². The maximum atomic E-state index is 13.6. The largest absolute Gasteiger partial charge is 0.366 e. The van der Waals surface area contributed by atoms with Gasteiger partial charge in [-0.05, 0) is 55.8 Å². The van der Waals surface area contributed by atoms with Crippen molar-refractivity contribution < 1.29 is 14.0 Å². The number of pyridine rings is 1. The molecule has 0 aliphatic heterocycles. The van der Waals surface area contributed by atoms with Crippen LogP contribution in [0.1, 0.15) is 37.7 Å². The third-order valence-electron chi connectivity index (χ3n) is 6.27. The van der Waals surface area contributed by atoms with Crippen LogP contribution in [0.5, 0.6) is 0 Å². The summed E-state index contributed by atoms with van der Waals surface area (Å²) in [7, 11) is 0. The Balaban J connectivity index is 1.51. The Bertz CT molecular complexity index is 1660. The van der Waals surface area contributed by atoms with Crippen molar-refractivity contribution >= 4 is 28.4 Å². The molecule has 0 aliphatic carbocycles. The molecule has 3 N–H and O–H groups in total. The van der Waals surface area contributed by atoms with E-state index < -0.39 is 5.91 Å². The van der Waals surface area contributed by atoms with Crippen molar-refractivity contribution in [2.75, 3.05) is 5.32 Å². The van der Waals surface area contributed by atoms with E-state index in [9.17, 15) is 14.0 Å². The average Bonchev–Trinajstić information content (AvgIpc) is 3.16. The highest BCUT2D eigenvalue weighted by Crippen LogP contribution is 2.28. The van der Waals surface area contributed by atoms with Crippen LogP contribution in [0.25, 0.3) is 22.2 Å². The van der Waals surface area contributed by atoms with Crippen molar-refractivity contribution in [3.8, 4) is 11.3 Å². The van der Waals surface area contributed by atoms with Gasteiger partial charge in [0.05, 0.1) is 40.4 Å². The molecule has 0 atom stereocenters. The Morgan fingerprint density at radius 2 is 1.73 bits per heavy atom. The lowest BCUT2D eigenvalue weighted by atomic mass is 10.0. The van der Waals surface area contributed by atoms with E-state index in [2.05, 4.69) is 10.4 Å². The molecule has 184 valence electrons. The SMILES string of the molecule is Cc1nn(Cc2ccc(F)cc2)c(C)c1NC(=O)c1cc(-c2cccc(C(N)=O)c2)nc2ccccc12. The lowest BCUT2D eigenvalue weighted by Gasteiger charge is -2.12. The quantitative estimate of drug-likeness (QED) is 0.337. The Morgan fingerprint density at radius 3 is 2.49 bits per heavy atom. The van der Waals surface area contributed by atoms with Gasteiger partial charge in [-0.3, -0.25) is 14.3 Å². The molecule has 2 heterocycles. The zero-order chi connectivity index (χ0) is 26.1. The Labute approximate surface area is 212 Å². The number of fused-ring (bicyclic) bond motifs is 1. The minimum atomic E-state index is -0.538. The molecule has 3 aromatic carbocycles. The first kappa shape index (κ1) is 23.9. The van der Waals surface area contributed by atoms with Crippen LogP contribution in [-0.4, -0.2) is 26.6 Å². The first-order chi connectivity index (χ1) is 17.8. The van der Waals surface area contributed by atoms with Gasteiger partial charge in [0.1, 0.15) is 5.82 Å². The Kier molecular flexibility index (Phi) is 6.23. The number of carbonyl (C=O) groups excluding carboxylic acids is 2. The predicted octanol–water partition coefficient (Wildman–Crippen LogP) is 5.25. The number of nitrogens with one attached hydrogen (secondary N) is 1. The van der Waals surface area contributed by atoms with Gasteiger partial charge in [0.2, 0.25) is 5.91 Å². The van der Waals surface area contributed by atoms with Gasteiger partial charge < -0.3 is 11.1 Å². The normalized spacial score (nSPS) is 11.0. The summed E-state index contributed by atoms with van der Waals surface area (Å²) < 4.78 is 15.1. The molecule has 5 rings (SSSR count). The average molecular weight is 494 g/mol. The fourth-order valence-electron chi connectivity index (χ4n) is 4.32. The first-order valence-corrected chi connectivity index (χ1v) is 11.7. The van der Waals surface area contributed by atoms with E-state index in [-0.39, 0.29) is 11.7 Å². The first-order valence-electron chi connectivity index (χ1n) is 11.7. The number of primary amides is 1. The van der Waals surface area contributed by atoms with E-state index in [1.54, 1.807) is 41.1 Å². The second kappa shape index (κ2) is 9.66. The molecule has 0 unspecified atom stereocenters. The fraction of sp³-hybridized carbons (Fsp3) is 0.103. The number of carbonyl (C=O) groups is 2. The van der Waals surface area contributed by atoms with Crippen LogP contribution in [-0.2, 0) is 6.54 Å². The van der Waals surface area contributed by atoms with Crippen molar-refractivity contribution in [3.05, 3.63) is 113 Å². The number of anilines is 1. The lowest BCUT2D eigenvalue weighted by molar-refractivity contribution is 0.0997. The summed E-state index contributed by atoms with van der Waals surface area (Å²) in [5.74, 6) is -1.14. The highest BCUT2D eigenvalue weighted by molar-refractivity contribution is 6.13. The Morgan fingerprint density at radius 1 is 0.973 bits per heavy atom. The summed E-state index contributed by atoms with van der Waals surface area (Å²) in [6.07, 6.45) is 0. The number of aryl methyl sites for hydroxylation is 1. The van der Waals surface area contributed by atoms with E-state index in [1.165, 1.54) is 12.1 Å². The van der Waals surface area contributed by atoms with E-state index in [0.717, 1.165) is 11.3 Å². The van der Waals surface area contributed by atoms with E-state index in [4.69, 9.17) is 10.7 Å².